The Bertz CT molecular complexity index is 615. The van der Waals surface area contributed by atoms with E-state index in [1.165, 1.54) is 11.1 Å². The Morgan fingerprint density at radius 3 is 2.53 bits per heavy atom. The van der Waals surface area contributed by atoms with Gasteiger partial charge in [-0.2, -0.15) is 5.26 Å². The number of nitrogens with zero attached hydrogens (tertiary/aromatic N) is 3. The van der Waals surface area contributed by atoms with Crippen molar-refractivity contribution in [3.8, 4) is 17.3 Å². The molecule has 0 aliphatic rings. The van der Waals surface area contributed by atoms with Gasteiger partial charge in [-0.25, -0.2) is 4.98 Å². The second-order valence-electron chi connectivity index (χ2n) is 4.35. The summed E-state index contributed by atoms with van der Waals surface area (Å²) in [6, 6.07) is 8.41. The minimum atomic E-state index is 0.497. The predicted octanol–water partition coefficient (Wildman–Crippen LogP) is 2.88. The Morgan fingerprint density at radius 2 is 1.94 bits per heavy atom. The summed E-state index contributed by atoms with van der Waals surface area (Å²) < 4.78 is 1.97. The lowest BCUT2D eigenvalue weighted by atomic mass is 10.0. The maximum Gasteiger partial charge on any atom is 0.166 e. The van der Waals surface area contributed by atoms with Gasteiger partial charge in [-0.15, -0.1) is 0 Å². The lowest BCUT2D eigenvalue weighted by Gasteiger charge is -2.08. The summed E-state index contributed by atoms with van der Waals surface area (Å²) in [6.45, 7) is 6.04. The van der Waals surface area contributed by atoms with Crippen LogP contribution in [-0.4, -0.2) is 9.55 Å². The lowest BCUT2D eigenvalue weighted by molar-refractivity contribution is 0.864. The number of hydrogen-bond acceptors (Lipinski definition) is 2. The molecule has 3 heteroatoms. The van der Waals surface area contributed by atoms with Crippen molar-refractivity contribution in [1.29, 1.82) is 5.26 Å². The van der Waals surface area contributed by atoms with Gasteiger partial charge < -0.3 is 4.57 Å². The molecular formula is C14H15N3. The second kappa shape index (κ2) is 4.06. The zero-order valence-corrected chi connectivity index (χ0v) is 10.6. The third-order valence-electron chi connectivity index (χ3n) is 3.06. The normalized spacial score (nSPS) is 10.3. The van der Waals surface area contributed by atoms with Crippen LogP contribution in [0.2, 0.25) is 0 Å². The first-order chi connectivity index (χ1) is 8.04. The predicted molar refractivity (Wildman–Crippen MR) is 67.6 cm³/mol. The van der Waals surface area contributed by atoms with Crippen molar-refractivity contribution in [2.75, 3.05) is 0 Å². The molecule has 0 bridgehead atoms. The zero-order chi connectivity index (χ0) is 12.6. The highest BCUT2D eigenvalue weighted by Gasteiger charge is 2.15. The zero-order valence-electron chi connectivity index (χ0n) is 10.6. The molecule has 86 valence electrons. The van der Waals surface area contributed by atoms with Crippen LogP contribution in [0.4, 0.5) is 0 Å². The molecule has 0 saturated carbocycles. The lowest BCUT2D eigenvalue weighted by Crippen LogP contribution is -1.96. The van der Waals surface area contributed by atoms with Gasteiger partial charge in [0.05, 0.1) is 5.69 Å². The molecule has 0 aliphatic carbocycles. The highest BCUT2D eigenvalue weighted by atomic mass is 15.1. The van der Waals surface area contributed by atoms with Gasteiger partial charge in [-0.1, -0.05) is 23.8 Å². The average Bonchev–Trinajstić information content (AvgIpc) is 2.56. The summed E-state index contributed by atoms with van der Waals surface area (Å²) in [5.41, 5.74) is 4.88. The summed E-state index contributed by atoms with van der Waals surface area (Å²) in [5, 5.41) is 9.14. The molecule has 1 aromatic carbocycles. The van der Waals surface area contributed by atoms with E-state index in [4.69, 9.17) is 5.26 Å². The molecule has 1 heterocycles. The van der Waals surface area contributed by atoms with Gasteiger partial charge in [0.1, 0.15) is 11.9 Å². The molecule has 2 aromatic rings. The first-order valence-electron chi connectivity index (χ1n) is 5.55. The van der Waals surface area contributed by atoms with Crippen molar-refractivity contribution in [1.82, 2.24) is 9.55 Å². The number of nitriles is 1. The molecular weight excluding hydrogens is 210 g/mol. The van der Waals surface area contributed by atoms with E-state index in [0.717, 1.165) is 17.1 Å². The molecule has 0 spiro atoms. The number of hydrogen-bond donors (Lipinski definition) is 0. The maximum atomic E-state index is 9.14. The molecule has 0 saturated heterocycles. The highest BCUT2D eigenvalue weighted by Crippen LogP contribution is 2.27. The smallest absolute Gasteiger partial charge is 0.166 e. The van der Waals surface area contributed by atoms with Crippen LogP contribution >= 0.6 is 0 Å². The van der Waals surface area contributed by atoms with Crippen molar-refractivity contribution >= 4 is 0 Å². The van der Waals surface area contributed by atoms with Gasteiger partial charge in [-0.05, 0) is 26.3 Å². The van der Waals surface area contributed by atoms with Crippen LogP contribution in [0.5, 0.6) is 0 Å². The third-order valence-corrected chi connectivity index (χ3v) is 3.06. The van der Waals surface area contributed by atoms with Crippen LogP contribution in [0.3, 0.4) is 0 Å². The van der Waals surface area contributed by atoms with E-state index in [0.29, 0.717) is 5.69 Å². The fourth-order valence-electron chi connectivity index (χ4n) is 2.08. The van der Waals surface area contributed by atoms with Crippen LogP contribution in [0, 0.1) is 32.1 Å². The van der Waals surface area contributed by atoms with E-state index in [-0.39, 0.29) is 0 Å². The SMILES string of the molecule is Cc1ccc(-c2c(C#N)nc(C)n2C)c(C)c1. The van der Waals surface area contributed by atoms with Crippen molar-refractivity contribution in [3.05, 3.63) is 40.8 Å². The summed E-state index contributed by atoms with van der Waals surface area (Å²) in [7, 11) is 1.94. The average molecular weight is 225 g/mol. The van der Waals surface area contributed by atoms with Crippen molar-refractivity contribution in [2.24, 2.45) is 7.05 Å². The van der Waals surface area contributed by atoms with E-state index < -0.39 is 0 Å². The number of rotatable bonds is 1. The van der Waals surface area contributed by atoms with Gasteiger partial charge in [0, 0.05) is 12.6 Å². The molecule has 0 unspecified atom stereocenters. The number of imidazole rings is 1. The molecule has 0 N–H and O–H groups in total. The number of benzene rings is 1. The van der Waals surface area contributed by atoms with E-state index >= 15 is 0 Å². The van der Waals surface area contributed by atoms with Crippen LogP contribution in [-0.2, 0) is 7.05 Å². The molecule has 17 heavy (non-hydrogen) atoms. The molecule has 0 aliphatic heterocycles. The first-order valence-corrected chi connectivity index (χ1v) is 5.55. The molecule has 0 amide bonds. The minimum Gasteiger partial charge on any atom is -0.330 e. The summed E-state index contributed by atoms with van der Waals surface area (Å²) >= 11 is 0. The first kappa shape index (κ1) is 11.4. The standard InChI is InChI=1S/C14H15N3/c1-9-5-6-12(10(2)7-9)14-13(8-15)16-11(3)17(14)4/h5-7H,1-4H3. The second-order valence-corrected chi connectivity index (χ2v) is 4.35. The topological polar surface area (TPSA) is 41.6 Å². The summed E-state index contributed by atoms with van der Waals surface area (Å²) in [5.74, 6) is 0.858. The van der Waals surface area contributed by atoms with Crippen LogP contribution in [0.25, 0.3) is 11.3 Å². The fraction of sp³-hybridized carbons (Fsp3) is 0.286. The fourth-order valence-corrected chi connectivity index (χ4v) is 2.08. The van der Waals surface area contributed by atoms with Crippen molar-refractivity contribution in [3.63, 3.8) is 0 Å². The Balaban J connectivity index is 2.73. The van der Waals surface area contributed by atoms with Crippen LogP contribution in [0.15, 0.2) is 18.2 Å². The van der Waals surface area contributed by atoms with E-state index in [2.05, 4.69) is 43.1 Å². The van der Waals surface area contributed by atoms with Gasteiger partial charge >= 0.3 is 0 Å². The number of aryl methyl sites for hydroxylation is 3. The van der Waals surface area contributed by atoms with Gasteiger partial charge in [0.15, 0.2) is 5.69 Å². The largest absolute Gasteiger partial charge is 0.330 e. The Labute approximate surface area is 101 Å². The molecule has 0 fully saturated rings. The molecule has 0 radical (unpaired) electrons. The molecule has 2 rings (SSSR count). The Morgan fingerprint density at radius 1 is 1.24 bits per heavy atom. The van der Waals surface area contributed by atoms with Crippen molar-refractivity contribution in [2.45, 2.75) is 20.8 Å². The summed E-state index contributed by atoms with van der Waals surface area (Å²) in [4.78, 5) is 4.27. The van der Waals surface area contributed by atoms with Crippen LogP contribution < -0.4 is 0 Å². The third kappa shape index (κ3) is 1.83. The van der Waals surface area contributed by atoms with Gasteiger partial charge in [0.2, 0.25) is 0 Å². The highest BCUT2D eigenvalue weighted by molar-refractivity contribution is 5.69. The van der Waals surface area contributed by atoms with Crippen molar-refractivity contribution < 1.29 is 0 Å². The monoisotopic (exact) mass is 225 g/mol. The maximum absolute atomic E-state index is 9.14. The van der Waals surface area contributed by atoms with E-state index in [1.54, 1.807) is 0 Å². The molecule has 1 aromatic heterocycles. The Hall–Kier alpha value is -2.08. The van der Waals surface area contributed by atoms with E-state index in [1.807, 2.05) is 18.5 Å². The molecule has 3 nitrogen and oxygen atoms in total. The quantitative estimate of drug-likeness (QED) is 0.748. The van der Waals surface area contributed by atoms with E-state index in [9.17, 15) is 0 Å². The Kier molecular flexibility index (Phi) is 2.72. The van der Waals surface area contributed by atoms with Gasteiger partial charge in [0.25, 0.3) is 0 Å². The minimum absolute atomic E-state index is 0.497. The van der Waals surface area contributed by atoms with Gasteiger partial charge in [-0.3, -0.25) is 0 Å². The van der Waals surface area contributed by atoms with Crippen LogP contribution in [0.1, 0.15) is 22.6 Å². The molecule has 0 atom stereocenters. The summed E-state index contributed by atoms with van der Waals surface area (Å²) in [6.07, 6.45) is 0. The number of aromatic nitrogens is 2.